The summed E-state index contributed by atoms with van der Waals surface area (Å²) >= 11 is 1.18. The van der Waals surface area contributed by atoms with Crippen LogP contribution in [0.1, 0.15) is 57.4 Å². The Morgan fingerprint density at radius 2 is 1.76 bits per heavy atom. The van der Waals surface area contributed by atoms with Gasteiger partial charge in [0.2, 0.25) is 0 Å². The molecular formula is C29H29N3O4S. The summed E-state index contributed by atoms with van der Waals surface area (Å²) < 4.78 is 7.23. The van der Waals surface area contributed by atoms with Crippen molar-refractivity contribution in [2.75, 3.05) is 18.6 Å². The van der Waals surface area contributed by atoms with Crippen LogP contribution in [0.3, 0.4) is 0 Å². The highest BCUT2D eigenvalue weighted by Crippen LogP contribution is 2.35. The number of carbonyl (C=O) groups excluding carboxylic acids is 2. The number of hydrogen-bond donors (Lipinski definition) is 0. The summed E-state index contributed by atoms with van der Waals surface area (Å²) in [7, 11) is 1.70. The van der Waals surface area contributed by atoms with E-state index in [-0.39, 0.29) is 23.5 Å². The molecule has 2 aliphatic heterocycles. The number of thiazole rings is 1. The van der Waals surface area contributed by atoms with E-state index in [1.54, 1.807) is 25.8 Å². The van der Waals surface area contributed by atoms with Crippen LogP contribution in [0.15, 0.2) is 69.6 Å². The molecule has 190 valence electrons. The van der Waals surface area contributed by atoms with E-state index in [0.29, 0.717) is 31.7 Å². The molecular weight excluding hydrogens is 486 g/mol. The number of fused-ring (bicyclic) bond motifs is 2. The molecule has 2 aromatic carbocycles. The van der Waals surface area contributed by atoms with Gasteiger partial charge in [-0.15, -0.1) is 0 Å². The largest absolute Gasteiger partial charge is 0.463 e. The third kappa shape index (κ3) is 3.96. The Labute approximate surface area is 219 Å². The second-order valence-corrected chi connectivity index (χ2v) is 11.2. The molecule has 1 amide bonds. The first-order chi connectivity index (χ1) is 17.5. The average molecular weight is 516 g/mol. The van der Waals surface area contributed by atoms with E-state index in [1.807, 2.05) is 48.5 Å². The molecule has 1 unspecified atom stereocenters. The maximum Gasteiger partial charge on any atom is 0.338 e. The first kappa shape index (κ1) is 24.9. The van der Waals surface area contributed by atoms with Gasteiger partial charge in [-0.05, 0) is 36.5 Å². The summed E-state index contributed by atoms with van der Waals surface area (Å²) in [5, 5.41) is 0. The molecule has 0 N–H and O–H groups in total. The second kappa shape index (κ2) is 8.95. The van der Waals surface area contributed by atoms with Crippen molar-refractivity contribution in [2.45, 2.75) is 46.1 Å². The highest BCUT2D eigenvalue weighted by atomic mass is 32.1. The standard InChI is InChI=1S/C29H29N3O4S/c1-7-36-27(35)21-16(2)30-28-32(23(21)17-12-14-18(15-13-17)29(3,4)5)26(34)24(37-28)22-19-10-8-9-11-20(19)31(6)25(22)33/h8-15,23H,7H2,1-6H3/b24-22-. The van der Waals surface area contributed by atoms with E-state index < -0.39 is 12.0 Å². The Morgan fingerprint density at radius 1 is 1.08 bits per heavy atom. The SMILES string of the molecule is CCOC(=O)C1=C(C)N=c2s/c(=C3\C(=O)N(C)c4ccccc43)c(=O)n2C1c1ccc(C(C)(C)C)cc1. The molecule has 7 nitrogen and oxygen atoms in total. The van der Waals surface area contributed by atoms with E-state index in [2.05, 4.69) is 25.8 Å². The molecule has 8 heteroatoms. The Morgan fingerprint density at radius 3 is 2.41 bits per heavy atom. The van der Waals surface area contributed by atoms with Crippen LogP contribution in [0.4, 0.5) is 5.69 Å². The van der Waals surface area contributed by atoms with Crippen molar-refractivity contribution in [2.24, 2.45) is 4.99 Å². The van der Waals surface area contributed by atoms with Crippen molar-refractivity contribution in [1.82, 2.24) is 4.57 Å². The summed E-state index contributed by atoms with van der Waals surface area (Å²) in [5.41, 5.74) is 4.17. The molecule has 0 fully saturated rings. The number of hydrogen-bond acceptors (Lipinski definition) is 6. The minimum Gasteiger partial charge on any atom is -0.463 e. The number of esters is 1. The minimum atomic E-state index is -0.719. The molecule has 0 radical (unpaired) electrons. The molecule has 3 heterocycles. The van der Waals surface area contributed by atoms with Gasteiger partial charge in [0.25, 0.3) is 11.5 Å². The number of amides is 1. The smallest absolute Gasteiger partial charge is 0.338 e. The lowest BCUT2D eigenvalue weighted by Gasteiger charge is -2.26. The van der Waals surface area contributed by atoms with Crippen LogP contribution in [0.5, 0.6) is 0 Å². The molecule has 2 aliphatic rings. The van der Waals surface area contributed by atoms with Gasteiger partial charge in [-0.3, -0.25) is 14.2 Å². The van der Waals surface area contributed by atoms with Crippen molar-refractivity contribution < 1.29 is 14.3 Å². The molecule has 1 aromatic heterocycles. The molecule has 0 aliphatic carbocycles. The quantitative estimate of drug-likeness (QED) is 0.501. The molecule has 0 saturated carbocycles. The minimum absolute atomic E-state index is 0.0490. The number of ether oxygens (including phenoxy) is 1. The van der Waals surface area contributed by atoms with Gasteiger partial charge in [-0.2, -0.15) is 0 Å². The molecule has 0 bridgehead atoms. The Bertz CT molecular complexity index is 1650. The van der Waals surface area contributed by atoms with Crippen molar-refractivity contribution in [1.29, 1.82) is 0 Å². The molecule has 1 atom stereocenters. The van der Waals surface area contributed by atoms with E-state index in [0.717, 1.165) is 16.8 Å². The van der Waals surface area contributed by atoms with Crippen LogP contribution in [0.25, 0.3) is 5.57 Å². The van der Waals surface area contributed by atoms with Gasteiger partial charge in [-0.25, -0.2) is 9.79 Å². The highest BCUT2D eigenvalue weighted by Gasteiger charge is 2.36. The van der Waals surface area contributed by atoms with Crippen molar-refractivity contribution in [3.8, 4) is 0 Å². The van der Waals surface area contributed by atoms with Gasteiger partial charge in [0.1, 0.15) is 4.53 Å². The lowest BCUT2D eigenvalue weighted by Crippen LogP contribution is -2.40. The Kier molecular flexibility index (Phi) is 6.02. The normalized spacial score (nSPS) is 18.5. The number of nitrogens with zero attached hydrogens (tertiary/aromatic N) is 3. The first-order valence-corrected chi connectivity index (χ1v) is 13.1. The molecule has 0 spiro atoms. The van der Waals surface area contributed by atoms with Crippen LogP contribution < -0.4 is 19.8 Å². The van der Waals surface area contributed by atoms with Crippen LogP contribution in [-0.2, 0) is 19.7 Å². The topological polar surface area (TPSA) is 81.0 Å². The number of carbonyl (C=O) groups is 2. The van der Waals surface area contributed by atoms with E-state index in [4.69, 9.17) is 4.74 Å². The lowest BCUT2D eigenvalue weighted by molar-refractivity contribution is -0.139. The fourth-order valence-corrected chi connectivity index (χ4v) is 6.05. The number of para-hydroxylation sites is 1. The van der Waals surface area contributed by atoms with Gasteiger partial charge < -0.3 is 9.64 Å². The average Bonchev–Trinajstić information content (AvgIpc) is 3.30. The fraction of sp³-hybridized carbons (Fsp3) is 0.310. The number of benzene rings is 2. The molecule has 0 saturated heterocycles. The monoisotopic (exact) mass is 515 g/mol. The van der Waals surface area contributed by atoms with Gasteiger partial charge >= 0.3 is 5.97 Å². The van der Waals surface area contributed by atoms with Crippen LogP contribution >= 0.6 is 11.3 Å². The van der Waals surface area contributed by atoms with Gasteiger partial charge in [0.05, 0.1) is 35.2 Å². The number of rotatable bonds is 3. The first-order valence-electron chi connectivity index (χ1n) is 12.2. The highest BCUT2D eigenvalue weighted by molar-refractivity contribution is 7.07. The van der Waals surface area contributed by atoms with Gasteiger partial charge in [0, 0.05) is 12.6 Å². The van der Waals surface area contributed by atoms with Crippen molar-refractivity contribution >= 4 is 34.5 Å². The van der Waals surface area contributed by atoms with Gasteiger partial charge in [0.15, 0.2) is 4.80 Å². The predicted molar refractivity (Wildman–Crippen MR) is 144 cm³/mol. The number of aromatic nitrogens is 1. The number of likely N-dealkylation sites (N-methyl/N-ethyl adjacent to an activating group) is 1. The zero-order chi connectivity index (χ0) is 26.6. The predicted octanol–water partition coefficient (Wildman–Crippen LogP) is 3.44. The van der Waals surface area contributed by atoms with E-state index in [1.165, 1.54) is 15.9 Å². The van der Waals surface area contributed by atoms with Gasteiger partial charge in [-0.1, -0.05) is 74.6 Å². The van der Waals surface area contributed by atoms with E-state index in [9.17, 15) is 14.4 Å². The second-order valence-electron chi connectivity index (χ2n) is 10.3. The van der Waals surface area contributed by atoms with Crippen molar-refractivity contribution in [3.63, 3.8) is 0 Å². The molecule has 5 rings (SSSR count). The number of allylic oxidation sites excluding steroid dienone is 1. The maximum atomic E-state index is 14.1. The summed E-state index contributed by atoms with van der Waals surface area (Å²) in [5.74, 6) is -0.743. The zero-order valence-corrected chi connectivity index (χ0v) is 22.6. The van der Waals surface area contributed by atoms with Crippen molar-refractivity contribution in [3.05, 3.63) is 96.2 Å². The fourth-order valence-electron chi connectivity index (χ4n) is 4.91. The van der Waals surface area contributed by atoms with E-state index >= 15 is 0 Å². The van der Waals surface area contributed by atoms with Crippen LogP contribution in [0.2, 0.25) is 0 Å². The Balaban J connectivity index is 1.80. The lowest BCUT2D eigenvalue weighted by atomic mass is 9.85. The number of anilines is 1. The summed E-state index contributed by atoms with van der Waals surface area (Å²) in [6.07, 6.45) is 0. The molecule has 37 heavy (non-hydrogen) atoms. The third-order valence-electron chi connectivity index (χ3n) is 6.87. The Hall–Kier alpha value is -3.78. The third-order valence-corrected chi connectivity index (χ3v) is 7.92. The maximum absolute atomic E-state index is 14.1. The van der Waals surface area contributed by atoms with Crippen LogP contribution in [-0.4, -0.2) is 30.1 Å². The zero-order valence-electron chi connectivity index (χ0n) is 21.8. The van der Waals surface area contributed by atoms with Crippen LogP contribution in [0, 0.1) is 0 Å². The summed E-state index contributed by atoms with van der Waals surface area (Å²) in [6.45, 7) is 10.1. The summed E-state index contributed by atoms with van der Waals surface area (Å²) in [4.78, 5) is 47.1. The molecule has 3 aromatic rings. The summed E-state index contributed by atoms with van der Waals surface area (Å²) in [6, 6.07) is 14.7.